The molecule has 1 N–H and O–H groups in total. The van der Waals surface area contributed by atoms with Crippen LogP contribution < -0.4 is 5.32 Å². The van der Waals surface area contributed by atoms with Gasteiger partial charge in [0, 0.05) is 13.0 Å². The van der Waals surface area contributed by atoms with Crippen molar-refractivity contribution >= 4 is 17.4 Å². The van der Waals surface area contributed by atoms with Crippen molar-refractivity contribution in [1.29, 1.82) is 0 Å². The van der Waals surface area contributed by atoms with Crippen LogP contribution >= 0.6 is 11.6 Å². The molecule has 0 amide bonds. The first-order valence-electron chi connectivity index (χ1n) is 5.16. The normalized spacial score (nSPS) is 15.1. The Kier molecular flexibility index (Phi) is 3.07. The van der Waals surface area contributed by atoms with E-state index in [0.29, 0.717) is 10.8 Å². The average molecular weight is 228 g/mol. The number of ketones is 1. The molecule has 0 radical (unpaired) electrons. The number of hydrogen-bond acceptors (Lipinski definition) is 3. The molecule has 1 aliphatic rings. The van der Waals surface area contributed by atoms with Gasteiger partial charge in [-0.05, 0) is 19.9 Å². The van der Waals surface area contributed by atoms with Gasteiger partial charge < -0.3 is 9.88 Å². The minimum atomic E-state index is -0.0376. The zero-order valence-electron chi connectivity index (χ0n) is 8.72. The Morgan fingerprint density at radius 3 is 3.07 bits per heavy atom. The fourth-order valence-electron chi connectivity index (χ4n) is 1.87. The first kappa shape index (κ1) is 10.6. The number of Topliss-reactive ketones (excluding diaryl/α,β-unsaturated/α-hetero) is 1. The maximum Gasteiger partial charge on any atom is 0.198 e. The summed E-state index contributed by atoms with van der Waals surface area (Å²) in [5, 5.41) is 3.32. The SMILES string of the molecule is CNCC(=O)c1nc2n(c1Cl)CCCC2. The van der Waals surface area contributed by atoms with Crippen LogP contribution in [-0.4, -0.2) is 28.9 Å². The summed E-state index contributed by atoms with van der Waals surface area (Å²) >= 11 is 6.12. The minimum Gasteiger partial charge on any atom is -0.318 e. The molecule has 15 heavy (non-hydrogen) atoms. The lowest BCUT2D eigenvalue weighted by atomic mass is 10.2. The number of aromatic nitrogens is 2. The number of aryl methyl sites for hydroxylation is 1. The number of nitrogens with zero attached hydrogens (tertiary/aromatic N) is 2. The Balaban J connectivity index is 2.32. The predicted octanol–water partition coefficient (Wildman–Crippen LogP) is 1.27. The number of carbonyl (C=O) groups excluding carboxylic acids is 1. The highest BCUT2D eigenvalue weighted by molar-refractivity contribution is 6.32. The number of hydrogen-bond donors (Lipinski definition) is 1. The van der Waals surface area contributed by atoms with Crippen molar-refractivity contribution in [2.45, 2.75) is 25.8 Å². The molecule has 0 unspecified atom stereocenters. The summed E-state index contributed by atoms with van der Waals surface area (Å²) in [6.45, 7) is 1.17. The standard InChI is InChI=1S/C10H14ClN3O/c1-12-6-7(15)9-10(11)14-5-3-2-4-8(14)13-9/h12H,2-6H2,1H3. The molecule has 0 bridgehead atoms. The zero-order chi connectivity index (χ0) is 10.8. The van der Waals surface area contributed by atoms with Gasteiger partial charge in [0.15, 0.2) is 5.78 Å². The smallest absolute Gasteiger partial charge is 0.198 e. The molecule has 1 aromatic rings. The summed E-state index contributed by atoms with van der Waals surface area (Å²) in [7, 11) is 1.74. The fourth-order valence-corrected chi connectivity index (χ4v) is 2.20. The lowest BCUT2D eigenvalue weighted by Gasteiger charge is -2.13. The van der Waals surface area contributed by atoms with E-state index in [0.717, 1.165) is 31.6 Å². The highest BCUT2D eigenvalue weighted by Crippen LogP contribution is 2.23. The van der Waals surface area contributed by atoms with Gasteiger partial charge in [-0.25, -0.2) is 4.98 Å². The zero-order valence-corrected chi connectivity index (χ0v) is 9.47. The molecule has 0 saturated carbocycles. The summed E-state index contributed by atoms with van der Waals surface area (Å²) < 4.78 is 1.95. The summed E-state index contributed by atoms with van der Waals surface area (Å²) in [5.74, 6) is 0.912. The van der Waals surface area contributed by atoms with Gasteiger partial charge in [0.25, 0.3) is 0 Å². The van der Waals surface area contributed by atoms with E-state index >= 15 is 0 Å². The number of fused-ring (bicyclic) bond motifs is 1. The third-order valence-corrected chi connectivity index (χ3v) is 3.00. The summed E-state index contributed by atoms with van der Waals surface area (Å²) in [6, 6.07) is 0. The van der Waals surface area contributed by atoms with Gasteiger partial charge in [-0.15, -0.1) is 0 Å². The Labute approximate surface area is 93.6 Å². The number of carbonyl (C=O) groups is 1. The number of likely N-dealkylation sites (N-methyl/N-ethyl adjacent to an activating group) is 1. The van der Waals surface area contributed by atoms with Crippen LogP contribution in [0.25, 0.3) is 0 Å². The summed E-state index contributed by atoms with van der Waals surface area (Å²) in [4.78, 5) is 16.0. The third kappa shape index (κ3) is 1.92. The number of nitrogens with one attached hydrogen (secondary N) is 1. The van der Waals surface area contributed by atoms with Crippen molar-refractivity contribution in [3.63, 3.8) is 0 Å². The van der Waals surface area contributed by atoms with Gasteiger partial charge in [0.05, 0.1) is 6.54 Å². The van der Waals surface area contributed by atoms with Crippen LogP contribution in [0.2, 0.25) is 5.15 Å². The molecule has 5 heteroatoms. The van der Waals surface area contributed by atoms with Crippen LogP contribution in [0.5, 0.6) is 0 Å². The second-order valence-electron chi connectivity index (χ2n) is 3.73. The minimum absolute atomic E-state index is 0.0376. The summed E-state index contributed by atoms with van der Waals surface area (Å²) in [5.41, 5.74) is 0.419. The van der Waals surface area contributed by atoms with Crippen LogP contribution in [0, 0.1) is 0 Å². The van der Waals surface area contributed by atoms with E-state index in [1.165, 1.54) is 0 Å². The number of imidazole rings is 1. The molecule has 2 heterocycles. The quantitative estimate of drug-likeness (QED) is 0.792. The highest BCUT2D eigenvalue weighted by atomic mass is 35.5. The van der Waals surface area contributed by atoms with Gasteiger partial charge in [-0.1, -0.05) is 11.6 Å². The second kappa shape index (κ2) is 4.33. The van der Waals surface area contributed by atoms with Crippen molar-refractivity contribution in [1.82, 2.24) is 14.9 Å². The van der Waals surface area contributed by atoms with Gasteiger partial charge in [0.1, 0.15) is 16.7 Å². The van der Waals surface area contributed by atoms with E-state index in [2.05, 4.69) is 10.3 Å². The molecule has 0 aromatic carbocycles. The van der Waals surface area contributed by atoms with Crippen molar-refractivity contribution in [3.05, 3.63) is 16.7 Å². The van der Waals surface area contributed by atoms with Crippen LogP contribution in [-0.2, 0) is 13.0 Å². The van der Waals surface area contributed by atoms with Crippen LogP contribution in [0.4, 0.5) is 0 Å². The van der Waals surface area contributed by atoms with E-state index < -0.39 is 0 Å². The molecule has 0 spiro atoms. The third-order valence-electron chi connectivity index (χ3n) is 2.62. The maximum atomic E-state index is 11.7. The average Bonchev–Trinajstić information content (AvgIpc) is 2.57. The van der Waals surface area contributed by atoms with Crippen molar-refractivity contribution in [2.75, 3.05) is 13.6 Å². The van der Waals surface area contributed by atoms with Crippen LogP contribution in [0.1, 0.15) is 29.2 Å². The summed E-state index contributed by atoms with van der Waals surface area (Å²) in [6.07, 6.45) is 3.17. The molecule has 1 aliphatic heterocycles. The number of rotatable bonds is 3. The van der Waals surface area contributed by atoms with E-state index in [4.69, 9.17) is 11.6 Å². The maximum absolute atomic E-state index is 11.7. The fraction of sp³-hybridized carbons (Fsp3) is 0.600. The molecule has 0 atom stereocenters. The van der Waals surface area contributed by atoms with Gasteiger partial charge in [-0.2, -0.15) is 0 Å². The first-order chi connectivity index (χ1) is 7.24. The van der Waals surface area contributed by atoms with Crippen molar-refractivity contribution < 1.29 is 4.79 Å². The Morgan fingerprint density at radius 1 is 1.60 bits per heavy atom. The van der Waals surface area contributed by atoms with E-state index in [-0.39, 0.29) is 12.3 Å². The highest BCUT2D eigenvalue weighted by Gasteiger charge is 2.21. The molecular weight excluding hydrogens is 214 g/mol. The Hall–Kier alpha value is -0.870. The molecule has 0 aliphatic carbocycles. The van der Waals surface area contributed by atoms with Crippen LogP contribution in [0.15, 0.2) is 0 Å². The topological polar surface area (TPSA) is 46.9 Å². The molecule has 0 saturated heterocycles. The van der Waals surface area contributed by atoms with Crippen LogP contribution in [0.3, 0.4) is 0 Å². The Morgan fingerprint density at radius 2 is 2.40 bits per heavy atom. The molecule has 82 valence electrons. The molecular formula is C10H14ClN3O. The molecule has 4 nitrogen and oxygen atoms in total. The second-order valence-corrected chi connectivity index (χ2v) is 4.09. The van der Waals surface area contributed by atoms with Gasteiger partial charge in [-0.3, -0.25) is 4.79 Å². The lowest BCUT2D eigenvalue weighted by molar-refractivity contribution is 0.0989. The lowest BCUT2D eigenvalue weighted by Crippen LogP contribution is -2.19. The first-order valence-corrected chi connectivity index (χ1v) is 5.54. The van der Waals surface area contributed by atoms with Gasteiger partial charge >= 0.3 is 0 Å². The van der Waals surface area contributed by atoms with E-state index in [1.807, 2.05) is 4.57 Å². The monoisotopic (exact) mass is 227 g/mol. The van der Waals surface area contributed by atoms with Gasteiger partial charge in [0.2, 0.25) is 0 Å². The largest absolute Gasteiger partial charge is 0.318 e. The van der Waals surface area contributed by atoms with Crippen molar-refractivity contribution in [3.8, 4) is 0 Å². The molecule has 1 aromatic heterocycles. The molecule has 2 rings (SSSR count). The molecule has 0 fully saturated rings. The number of halogens is 1. The van der Waals surface area contributed by atoms with Crippen molar-refractivity contribution in [2.24, 2.45) is 0 Å². The predicted molar refractivity (Wildman–Crippen MR) is 58.4 cm³/mol. The Bertz CT molecular complexity index is 386. The van der Waals surface area contributed by atoms with E-state index in [9.17, 15) is 4.79 Å². The van der Waals surface area contributed by atoms with E-state index in [1.54, 1.807) is 7.05 Å².